The molecule has 4 heteroatoms. The Morgan fingerprint density at radius 3 is 2.88 bits per heavy atom. The Morgan fingerprint density at radius 2 is 2.29 bits per heavy atom. The number of esters is 1. The maximum atomic E-state index is 11.6. The summed E-state index contributed by atoms with van der Waals surface area (Å²) in [5, 5.41) is 9.02. The van der Waals surface area contributed by atoms with Gasteiger partial charge in [-0.05, 0) is 18.1 Å². The average Bonchev–Trinajstić information content (AvgIpc) is 2.31. The molecule has 0 heterocycles. The highest BCUT2D eigenvalue weighted by Crippen LogP contribution is 2.18. The van der Waals surface area contributed by atoms with Crippen LogP contribution in [0.4, 0.5) is 0 Å². The van der Waals surface area contributed by atoms with Gasteiger partial charge in [-0.1, -0.05) is 24.3 Å². The van der Waals surface area contributed by atoms with Crippen molar-refractivity contribution < 1.29 is 14.3 Å². The van der Waals surface area contributed by atoms with Crippen LogP contribution in [0.25, 0.3) is 0 Å². The van der Waals surface area contributed by atoms with E-state index < -0.39 is 11.9 Å². The van der Waals surface area contributed by atoms with Crippen molar-refractivity contribution >= 4 is 5.97 Å². The monoisotopic (exact) mass is 233 g/mol. The molecule has 1 aromatic carbocycles. The van der Waals surface area contributed by atoms with Gasteiger partial charge in [-0.25, -0.2) is 0 Å². The molecule has 17 heavy (non-hydrogen) atoms. The number of benzene rings is 1. The van der Waals surface area contributed by atoms with Gasteiger partial charge in [0.15, 0.2) is 5.92 Å². The molecule has 1 aromatic rings. The quantitative estimate of drug-likeness (QED) is 0.730. The minimum absolute atomic E-state index is 0.273. The van der Waals surface area contributed by atoms with E-state index in [1.165, 1.54) is 0 Å². The van der Waals surface area contributed by atoms with E-state index in [1.807, 2.05) is 12.1 Å². The lowest BCUT2D eigenvalue weighted by molar-refractivity contribution is -0.143. The highest BCUT2D eigenvalue weighted by Gasteiger charge is 2.21. The zero-order valence-electron chi connectivity index (χ0n) is 9.97. The van der Waals surface area contributed by atoms with E-state index >= 15 is 0 Å². The van der Waals surface area contributed by atoms with Crippen molar-refractivity contribution in [3.8, 4) is 6.07 Å². The molecule has 0 N–H and O–H groups in total. The van der Waals surface area contributed by atoms with Crippen LogP contribution >= 0.6 is 0 Å². The standard InChI is InChI=1S/C13H15NO3/c1-3-17-13(15)12(8-14)11-6-4-5-10(7-11)9-16-2/h4-7,12H,3,9H2,1-2H3. The van der Waals surface area contributed by atoms with Gasteiger partial charge in [0.1, 0.15) is 0 Å². The van der Waals surface area contributed by atoms with Crippen LogP contribution in [0.3, 0.4) is 0 Å². The molecule has 0 amide bonds. The second kappa shape index (κ2) is 6.66. The molecule has 0 spiro atoms. The maximum Gasteiger partial charge on any atom is 0.327 e. The number of nitriles is 1. The first-order valence-corrected chi connectivity index (χ1v) is 5.37. The third-order valence-electron chi connectivity index (χ3n) is 2.25. The number of rotatable bonds is 5. The minimum Gasteiger partial charge on any atom is -0.465 e. The highest BCUT2D eigenvalue weighted by molar-refractivity contribution is 5.81. The third-order valence-corrected chi connectivity index (χ3v) is 2.25. The van der Waals surface area contributed by atoms with E-state index in [1.54, 1.807) is 32.2 Å². The predicted molar refractivity (Wildman–Crippen MR) is 62.1 cm³/mol. The van der Waals surface area contributed by atoms with Crippen LogP contribution in [0.2, 0.25) is 0 Å². The van der Waals surface area contributed by atoms with Crippen LogP contribution in [0.1, 0.15) is 24.0 Å². The molecule has 0 aromatic heterocycles. The number of nitrogens with zero attached hydrogens (tertiary/aromatic N) is 1. The molecule has 1 rings (SSSR count). The van der Waals surface area contributed by atoms with Crippen molar-refractivity contribution in [2.75, 3.05) is 13.7 Å². The van der Waals surface area contributed by atoms with Gasteiger partial charge in [-0.15, -0.1) is 0 Å². The number of carbonyl (C=O) groups excluding carboxylic acids is 1. The summed E-state index contributed by atoms with van der Waals surface area (Å²) in [6.45, 7) is 2.44. The van der Waals surface area contributed by atoms with Crippen LogP contribution < -0.4 is 0 Å². The summed E-state index contributed by atoms with van der Waals surface area (Å²) in [5.41, 5.74) is 1.56. The summed E-state index contributed by atoms with van der Waals surface area (Å²) in [5.74, 6) is -1.38. The highest BCUT2D eigenvalue weighted by atomic mass is 16.5. The summed E-state index contributed by atoms with van der Waals surface area (Å²) in [4.78, 5) is 11.6. The average molecular weight is 233 g/mol. The molecule has 0 aliphatic carbocycles. The van der Waals surface area contributed by atoms with E-state index in [4.69, 9.17) is 14.7 Å². The molecule has 0 saturated heterocycles. The van der Waals surface area contributed by atoms with Gasteiger partial charge in [-0.3, -0.25) is 4.79 Å². The molecule has 4 nitrogen and oxygen atoms in total. The second-order valence-corrected chi connectivity index (χ2v) is 3.49. The van der Waals surface area contributed by atoms with E-state index in [0.717, 1.165) is 5.56 Å². The number of hydrogen-bond donors (Lipinski definition) is 0. The molecule has 0 aliphatic heterocycles. The summed E-state index contributed by atoms with van der Waals surface area (Å²) < 4.78 is 9.86. The molecule has 1 unspecified atom stereocenters. The van der Waals surface area contributed by atoms with Crippen molar-refractivity contribution in [2.45, 2.75) is 19.4 Å². The van der Waals surface area contributed by atoms with Crippen LogP contribution in [-0.2, 0) is 20.9 Å². The normalized spacial score (nSPS) is 11.6. The van der Waals surface area contributed by atoms with Crippen molar-refractivity contribution in [3.05, 3.63) is 35.4 Å². The zero-order chi connectivity index (χ0) is 12.7. The maximum absolute atomic E-state index is 11.6. The Morgan fingerprint density at radius 1 is 1.53 bits per heavy atom. The first-order valence-electron chi connectivity index (χ1n) is 5.37. The van der Waals surface area contributed by atoms with Gasteiger partial charge < -0.3 is 9.47 Å². The molecular formula is C13H15NO3. The number of methoxy groups -OCH3 is 1. The topological polar surface area (TPSA) is 59.3 Å². The molecule has 90 valence electrons. The Hall–Kier alpha value is -1.86. The van der Waals surface area contributed by atoms with Crippen LogP contribution in [0, 0.1) is 11.3 Å². The van der Waals surface area contributed by atoms with Crippen molar-refractivity contribution in [1.82, 2.24) is 0 Å². The fourth-order valence-electron chi connectivity index (χ4n) is 1.52. The van der Waals surface area contributed by atoms with Gasteiger partial charge >= 0.3 is 5.97 Å². The lowest BCUT2D eigenvalue weighted by atomic mass is 9.99. The Balaban J connectivity index is 2.92. The zero-order valence-corrected chi connectivity index (χ0v) is 9.97. The van der Waals surface area contributed by atoms with E-state index in [0.29, 0.717) is 12.2 Å². The fourth-order valence-corrected chi connectivity index (χ4v) is 1.52. The van der Waals surface area contributed by atoms with Gasteiger partial charge in [-0.2, -0.15) is 5.26 Å². The first kappa shape index (κ1) is 13.2. The summed E-state index contributed by atoms with van der Waals surface area (Å²) >= 11 is 0. The largest absolute Gasteiger partial charge is 0.465 e. The molecular weight excluding hydrogens is 218 g/mol. The Labute approximate surface area is 101 Å². The van der Waals surface area contributed by atoms with Crippen molar-refractivity contribution in [2.24, 2.45) is 0 Å². The molecule has 0 radical (unpaired) electrons. The lowest BCUT2D eigenvalue weighted by Crippen LogP contribution is -2.14. The number of carbonyl (C=O) groups is 1. The molecule has 0 fully saturated rings. The number of ether oxygens (including phenoxy) is 2. The third kappa shape index (κ3) is 3.58. The summed E-state index contributed by atoms with van der Waals surface area (Å²) in [7, 11) is 1.60. The van der Waals surface area contributed by atoms with E-state index in [2.05, 4.69) is 0 Å². The lowest BCUT2D eigenvalue weighted by Gasteiger charge is -2.09. The van der Waals surface area contributed by atoms with Gasteiger partial charge in [0, 0.05) is 7.11 Å². The molecule has 0 saturated carbocycles. The smallest absolute Gasteiger partial charge is 0.327 e. The van der Waals surface area contributed by atoms with Gasteiger partial charge in [0.2, 0.25) is 0 Å². The van der Waals surface area contributed by atoms with Crippen molar-refractivity contribution in [3.63, 3.8) is 0 Å². The first-order chi connectivity index (χ1) is 8.22. The van der Waals surface area contributed by atoms with E-state index in [-0.39, 0.29) is 6.61 Å². The Bertz CT molecular complexity index is 423. The molecule has 0 bridgehead atoms. The van der Waals surface area contributed by atoms with Gasteiger partial charge in [0.05, 0.1) is 19.3 Å². The minimum atomic E-state index is -0.869. The number of hydrogen-bond acceptors (Lipinski definition) is 4. The van der Waals surface area contributed by atoms with Gasteiger partial charge in [0.25, 0.3) is 0 Å². The fraction of sp³-hybridized carbons (Fsp3) is 0.385. The summed E-state index contributed by atoms with van der Waals surface area (Å²) in [6, 6.07) is 9.16. The van der Waals surface area contributed by atoms with Crippen LogP contribution in [0.5, 0.6) is 0 Å². The predicted octanol–water partition coefficient (Wildman–Crippen LogP) is 2.00. The Kier molecular flexibility index (Phi) is 5.18. The SMILES string of the molecule is CCOC(=O)C(C#N)c1cccc(COC)c1. The molecule has 1 atom stereocenters. The van der Waals surface area contributed by atoms with Crippen LogP contribution in [-0.4, -0.2) is 19.7 Å². The van der Waals surface area contributed by atoms with E-state index in [9.17, 15) is 4.79 Å². The molecule has 0 aliphatic rings. The van der Waals surface area contributed by atoms with Crippen molar-refractivity contribution in [1.29, 1.82) is 5.26 Å². The second-order valence-electron chi connectivity index (χ2n) is 3.49. The summed E-state index contributed by atoms with van der Waals surface area (Å²) in [6.07, 6.45) is 0. The van der Waals surface area contributed by atoms with Crippen LogP contribution in [0.15, 0.2) is 24.3 Å².